The molecule has 2 N–H and O–H groups in total. The number of benzene rings is 1. The molecule has 0 aliphatic rings. The van der Waals surface area contributed by atoms with Crippen molar-refractivity contribution in [3.05, 3.63) is 30.1 Å². The number of rotatable bonds is 7. The summed E-state index contributed by atoms with van der Waals surface area (Å²) in [6, 6.07) is 7.90. The largest absolute Gasteiger partial charge is 0.493 e. The minimum Gasteiger partial charge on any atom is -0.493 e. The Hall–Kier alpha value is -2.50. The fourth-order valence-corrected chi connectivity index (χ4v) is 2.12. The molecular formula is C17H24N4O2. The highest BCUT2D eigenvalue weighted by molar-refractivity contribution is 5.63. The summed E-state index contributed by atoms with van der Waals surface area (Å²) in [4.78, 5) is 8.84. The fraction of sp³-hybridized carbons (Fsp3) is 0.412. The summed E-state index contributed by atoms with van der Waals surface area (Å²) >= 11 is 0. The topological polar surface area (TPSA) is 68.3 Å². The summed E-state index contributed by atoms with van der Waals surface area (Å²) in [7, 11) is 3.23. The van der Waals surface area contributed by atoms with E-state index in [1.165, 1.54) is 0 Å². The zero-order chi connectivity index (χ0) is 16.8. The molecule has 6 nitrogen and oxygen atoms in total. The van der Waals surface area contributed by atoms with E-state index in [9.17, 15) is 0 Å². The molecule has 0 saturated carbocycles. The molecular weight excluding hydrogens is 292 g/mol. The molecule has 0 aliphatic heterocycles. The molecule has 1 aromatic carbocycles. The highest BCUT2D eigenvalue weighted by Gasteiger charge is 2.08. The van der Waals surface area contributed by atoms with Crippen molar-refractivity contribution >= 4 is 17.3 Å². The van der Waals surface area contributed by atoms with E-state index >= 15 is 0 Å². The maximum absolute atomic E-state index is 5.32. The van der Waals surface area contributed by atoms with Crippen molar-refractivity contribution in [3.8, 4) is 11.5 Å². The van der Waals surface area contributed by atoms with Crippen molar-refractivity contribution in [1.29, 1.82) is 0 Å². The molecule has 124 valence electrons. The number of aromatic nitrogens is 2. The van der Waals surface area contributed by atoms with Gasteiger partial charge in [-0.1, -0.05) is 6.92 Å². The number of anilines is 3. The third-order valence-electron chi connectivity index (χ3n) is 3.50. The van der Waals surface area contributed by atoms with Crippen LogP contribution in [0.4, 0.5) is 17.3 Å². The van der Waals surface area contributed by atoms with Crippen molar-refractivity contribution in [2.75, 3.05) is 24.9 Å². The molecule has 0 bridgehead atoms. The van der Waals surface area contributed by atoms with E-state index in [0.29, 0.717) is 23.4 Å². The first-order valence-electron chi connectivity index (χ1n) is 7.67. The summed E-state index contributed by atoms with van der Waals surface area (Å²) in [5.74, 6) is 3.61. The predicted octanol–water partition coefficient (Wildman–Crippen LogP) is 3.76. The van der Waals surface area contributed by atoms with Crippen LogP contribution in [0.1, 0.15) is 26.1 Å². The lowest BCUT2D eigenvalue weighted by molar-refractivity contribution is 0.355. The van der Waals surface area contributed by atoms with Gasteiger partial charge in [0.05, 0.1) is 14.2 Å². The van der Waals surface area contributed by atoms with Gasteiger partial charge in [-0.15, -0.1) is 0 Å². The quantitative estimate of drug-likeness (QED) is 0.810. The maximum Gasteiger partial charge on any atom is 0.162 e. The second-order valence-corrected chi connectivity index (χ2v) is 5.33. The third-order valence-corrected chi connectivity index (χ3v) is 3.50. The Morgan fingerprint density at radius 2 is 1.74 bits per heavy atom. The third kappa shape index (κ3) is 4.48. The smallest absolute Gasteiger partial charge is 0.162 e. The highest BCUT2D eigenvalue weighted by atomic mass is 16.5. The normalized spacial score (nSPS) is 11.7. The molecule has 1 heterocycles. The van der Waals surface area contributed by atoms with E-state index in [2.05, 4.69) is 34.4 Å². The second kappa shape index (κ2) is 7.67. The Morgan fingerprint density at radius 1 is 1.04 bits per heavy atom. The van der Waals surface area contributed by atoms with Crippen LogP contribution in [0, 0.1) is 6.92 Å². The minimum atomic E-state index is 0.359. The monoisotopic (exact) mass is 316 g/mol. The highest BCUT2D eigenvalue weighted by Crippen LogP contribution is 2.31. The van der Waals surface area contributed by atoms with Gasteiger partial charge in [0.2, 0.25) is 0 Å². The summed E-state index contributed by atoms with van der Waals surface area (Å²) in [5, 5.41) is 6.64. The lowest BCUT2D eigenvalue weighted by atomic mass is 10.2. The molecule has 0 radical (unpaired) electrons. The van der Waals surface area contributed by atoms with Crippen LogP contribution in [-0.2, 0) is 0 Å². The molecule has 1 unspecified atom stereocenters. The predicted molar refractivity (Wildman–Crippen MR) is 93.0 cm³/mol. The minimum absolute atomic E-state index is 0.359. The van der Waals surface area contributed by atoms with E-state index in [4.69, 9.17) is 9.47 Å². The summed E-state index contributed by atoms with van der Waals surface area (Å²) in [6.45, 7) is 6.13. The lowest BCUT2D eigenvalue weighted by Gasteiger charge is -2.15. The molecule has 0 spiro atoms. The van der Waals surface area contributed by atoms with Gasteiger partial charge in [-0.3, -0.25) is 0 Å². The Kier molecular flexibility index (Phi) is 5.62. The van der Waals surface area contributed by atoms with Crippen LogP contribution in [0.3, 0.4) is 0 Å². The van der Waals surface area contributed by atoms with Gasteiger partial charge in [0.1, 0.15) is 17.5 Å². The maximum atomic E-state index is 5.32. The first-order valence-corrected chi connectivity index (χ1v) is 7.67. The molecule has 0 aliphatic carbocycles. The van der Waals surface area contributed by atoms with Crippen molar-refractivity contribution < 1.29 is 9.47 Å². The van der Waals surface area contributed by atoms with Crippen molar-refractivity contribution in [2.24, 2.45) is 0 Å². The summed E-state index contributed by atoms with van der Waals surface area (Å²) in [6.07, 6.45) is 1.03. The van der Waals surface area contributed by atoms with Gasteiger partial charge in [0.15, 0.2) is 11.5 Å². The van der Waals surface area contributed by atoms with Crippen LogP contribution >= 0.6 is 0 Å². The van der Waals surface area contributed by atoms with E-state index in [0.717, 1.165) is 23.7 Å². The Labute approximate surface area is 137 Å². The Bertz CT molecular complexity index is 661. The standard InChI is InChI=1S/C17H24N4O2/c1-6-11(2)18-16-10-17(20-12(3)19-16)21-13-7-8-14(22-4)15(9-13)23-5/h7-11H,6H2,1-5H3,(H2,18,19,20,21). The fourth-order valence-electron chi connectivity index (χ4n) is 2.12. The van der Waals surface area contributed by atoms with Crippen molar-refractivity contribution in [1.82, 2.24) is 9.97 Å². The summed E-state index contributed by atoms with van der Waals surface area (Å²) < 4.78 is 10.6. The van der Waals surface area contributed by atoms with Gasteiger partial charge in [-0.05, 0) is 32.4 Å². The van der Waals surface area contributed by atoms with Crippen molar-refractivity contribution in [3.63, 3.8) is 0 Å². The molecule has 0 amide bonds. The first-order chi connectivity index (χ1) is 11.0. The SMILES string of the molecule is CCC(C)Nc1cc(Nc2ccc(OC)c(OC)c2)nc(C)n1. The number of ether oxygens (including phenoxy) is 2. The molecule has 6 heteroatoms. The van der Waals surface area contributed by atoms with Gasteiger partial charge in [0, 0.05) is 23.9 Å². The lowest BCUT2D eigenvalue weighted by Crippen LogP contribution is -2.15. The number of methoxy groups -OCH3 is 2. The number of aryl methyl sites for hydroxylation is 1. The van der Waals surface area contributed by atoms with Crippen LogP contribution in [0.15, 0.2) is 24.3 Å². The van der Waals surface area contributed by atoms with Gasteiger partial charge >= 0.3 is 0 Å². The summed E-state index contributed by atoms with van der Waals surface area (Å²) in [5.41, 5.74) is 0.871. The average molecular weight is 316 g/mol. The van der Waals surface area contributed by atoms with Crippen LogP contribution in [0.2, 0.25) is 0 Å². The zero-order valence-corrected chi connectivity index (χ0v) is 14.3. The molecule has 2 aromatic rings. The van der Waals surface area contributed by atoms with Crippen LogP contribution in [0.5, 0.6) is 11.5 Å². The van der Waals surface area contributed by atoms with Gasteiger partial charge in [-0.2, -0.15) is 0 Å². The molecule has 1 aromatic heterocycles. The molecule has 23 heavy (non-hydrogen) atoms. The van der Waals surface area contributed by atoms with Crippen LogP contribution in [-0.4, -0.2) is 30.2 Å². The number of nitrogens with one attached hydrogen (secondary N) is 2. The van der Waals surface area contributed by atoms with Crippen LogP contribution < -0.4 is 20.1 Å². The molecule has 0 fully saturated rings. The van der Waals surface area contributed by atoms with Gasteiger partial charge in [-0.25, -0.2) is 9.97 Å². The zero-order valence-electron chi connectivity index (χ0n) is 14.3. The van der Waals surface area contributed by atoms with E-state index < -0.39 is 0 Å². The average Bonchev–Trinajstić information content (AvgIpc) is 2.54. The Morgan fingerprint density at radius 3 is 2.39 bits per heavy atom. The number of hydrogen-bond acceptors (Lipinski definition) is 6. The van der Waals surface area contributed by atoms with Gasteiger partial charge < -0.3 is 20.1 Å². The van der Waals surface area contributed by atoms with E-state index in [1.807, 2.05) is 31.2 Å². The number of hydrogen-bond donors (Lipinski definition) is 2. The Balaban J connectivity index is 2.22. The second-order valence-electron chi connectivity index (χ2n) is 5.33. The molecule has 0 saturated heterocycles. The molecule has 2 rings (SSSR count). The number of nitrogens with zero attached hydrogens (tertiary/aromatic N) is 2. The molecule has 1 atom stereocenters. The van der Waals surface area contributed by atoms with E-state index in [1.54, 1.807) is 14.2 Å². The van der Waals surface area contributed by atoms with Crippen molar-refractivity contribution in [2.45, 2.75) is 33.2 Å². The van der Waals surface area contributed by atoms with Gasteiger partial charge in [0.25, 0.3) is 0 Å². The van der Waals surface area contributed by atoms with Crippen LogP contribution in [0.25, 0.3) is 0 Å². The first kappa shape index (κ1) is 16.9. The van der Waals surface area contributed by atoms with E-state index in [-0.39, 0.29) is 0 Å².